The quantitative estimate of drug-likeness (QED) is 0.383. The molecule has 0 aliphatic carbocycles. The Morgan fingerprint density at radius 1 is 0.829 bits per heavy atom. The number of H-pyrrole nitrogens is 2. The van der Waals surface area contributed by atoms with Gasteiger partial charge in [-0.3, -0.25) is 0 Å². The molecule has 11 heteroatoms. The Balaban J connectivity index is 1.37. The van der Waals surface area contributed by atoms with Crippen molar-refractivity contribution >= 4 is 11.2 Å². The van der Waals surface area contributed by atoms with Gasteiger partial charge in [-0.15, -0.1) is 20.4 Å². The highest BCUT2D eigenvalue weighted by molar-refractivity contribution is 5.81. The number of nitrogens with one attached hydrogen (secondary N) is 2. The van der Waals surface area contributed by atoms with E-state index >= 15 is 0 Å². The van der Waals surface area contributed by atoms with Crippen LogP contribution in [-0.2, 0) is 13.0 Å². The molecule has 0 unspecified atom stereocenters. The third-order valence-electron chi connectivity index (χ3n) is 5.98. The van der Waals surface area contributed by atoms with Crippen LogP contribution in [0.25, 0.3) is 45.2 Å². The lowest BCUT2D eigenvalue weighted by Gasteiger charge is -2.11. The van der Waals surface area contributed by atoms with Crippen LogP contribution in [0.2, 0.25) is 0 Å². The number of tetrazole rings is 2. The van der Waals surface area contributed by atoms with Gasteiger partial charge in [0.05, 0.1) is 6.54 Å². The summed E-state index contributed by atoms with van der Waals surface area (Å²) in [5, 5.41) is 28.8. The van der Waals surface area contributed by atoms with Gasteiger partial charge in [-0.05, 0) is 45.7 Å². The highest BCUT2D eigenvalue weighted by Crippen LogP contribution is 2.30. The fraction of sp³-hybridized carbons (Fsp3) is 0.167. The molecule has 2 N–H and O–H groups in total. The van der Waals surface area contributed by atoms with Crippen LogP contribution in [0.3, 0.4) is 0 Å². The van der Waals surface area contributed by atoms with Crippen LogP contribution in [0, 0.1) is 6.92 Å². The van der Waals surface area contributed by atoms with Crippen molar-refractivity contribution in [1.29, 1.82) is 0 Å². The van der Waals surface area contributed by atoms with Crippen molar-refractivity contribution in [3.63, 3.8) is 0 Å². The van der Waals surface area contributed by atoms with Gasteiger partial charge in [-0.25, -0.2) is 9.97 Å². The molecule has 0 saturated carbocycles. The second-order valence-corrected chi connectivity index (χ2v) is 8.18. The molecule has 0 spiro atoms. The number of benzene rings is 2. The highest BCUT2D eigenvalue weighted by atomic mass is 15.5. The fourth-order valence-corrected chi connectivity index (χ4v) is 4.29. The zero-order valence-electron chi connectivity index (χ0n) is 19.1. The number of pyridine rings is 1. The Labute approximate surface area is 199 Å². The maximum Gasteiger partial charge on any atom is 0.223 e. The van der Waals surface area contributed by atoms with E-state index in [2.05, 4.69) is 83.1 Å². The molecule has 0 aliphatic rings. The number of imidazole rings is 1. The summed E-state index contributed by atoms with van der Waals surface area (Å²) in [7, 11) is 0. The van der Waals surface area contributed by atoms with Crippen molar-refractivity contribution in [2.75, 3.05) is 0 Å². The molecule has 11 nitrogen and oxygen atoms in total. The van der Waals surface area contributed by atoms with Gasteiger partial charge in [0.2, 0.25) is 11.6 Å². The number of aromatic nitrogens is 11. The van der Waals surface area contributed by atoms with Crippen LogP contribution in [0.5, 0.6) is 0 Å². The summed E-state index contributed by atoms with van der Waals surface area (Å²) >= 11 is 0. The second-order valence-electron chi connectivity index (χ2n) is 8.18. The van der Waals surface area contributed by atoms with E-state index in [0.717, 1.165) is 51.2 Å². The molecular formula is C24H21N11. The van der Waals surface area contributed by atoms with Crippen molar-refractivity contribution < 1.29 is 0 Å². The molecule has 0 atom stereocenters. The van der Waals surface area contributed by atoms with Gasteiger partial charge < -0.3 is 4.57 Å². The molecule has 0 amide bonds. The van der Waals surface area contributed by atoms with Crippen LogP contribution in [-0.4, -0.2) is 55.8 Å². The molecule has 2 aromatic carbocycles. The van der Waals surface area contributed by atoms with E-state index in [0.29, 0.717) is 23.9 Å². The number of aryl methyl sites for hydroxylation is 2. The maximum absolute atomic E-state index is 4.87. The van der Waals surface area contributed by atoms with Crippen LogP contribution in [0.15, 0.2) is 54.6 Å². The van der Waals surface area contributed by atoms with E-state index < -0.39 is 0 Å². The van der Waals surface area contributed by atoms with Gasteiger partial charge in [-0.1, -0.05) is 55.5 Å². The van der Waals surface area contributed by atoms with Crippen molar-refractivity contribution in [1.82, 2.24) is 55.8 Å². The molecule has 6 aromatic rings. The number of rotatable bonds is 6. The Hall–Kier alpha value is -4.80. The molecule has 0 radical (unpaired) electrons. The number of fused-ring (bicyclic) bond motifs is 1. The molecule has 4 heterocycles. The Bertz CT molecular complexity index is 1600. The van der Waals surface area contributed by atoms with Gasteiger partial charge in [0.1, 0.15) is 17.0 Å². The summed E-state index contributed by atoms with van der Waals surface area (Å²) in [6, 6.07) is 18.5. The van der Waals surface area contributed by atoms with E-state index in [1.54, 1.807) is 0 Å². The molecule has 35 heavy (non-hydrogen) atoms. The van der Waals surface area contributed by atoms with Gasteiger partial charge in [-0.2, -0.15) is 10.4 Å². The van der Waals surface area contributed by atoms with Gasteiger partial charge in [0, 0.05) is 12.0 Å². The number of nitrogens with zero attached hydrogens (tertiary/aromatic N) is 9. The molecule has 6 rings (SSSR count). The summed E-state index contributed by atoms with van der Waals surface area (Å²) < 4.78 is 2.16. The SMILES string of the molecule is CCc1nc2c(C)cc(-c3nn[nH]n3)nc2n1Cc1ccc(-c2ccccc2-c2nn[nH]n2)cc1. The van der Waals surface area contributed by atoms with Crippen molar-refractivity contribution in [3.05, 3.63) is 71.5 Å². The summed E-state index contributed by atoms with van der Waals surface area (Å²) in [6.07, 6.45) is 0.795. The monoisotopic (exact) mass is 463 g/mol. The normalized spacial score (nSPS) is 11.4. The average molecular weight is 464 g/mol. The molecule has 0 bridgehead atoms. The van der Waals surface area contributed by atoms with Crippen LogP contribution < -0.4 is 0 Å². The Kier molecular flexibility index (Phi) is 5.06. The first-order valence-corrected chi connectivity index (χ1v) is 11.2. The van der Waals surface area contributed by atoms with Gasteiger partial charge in [0.25, 0.3) is 0 Å². The van der Waals surface area contributed by atoms with Crippen LogP contribution in [0.4, 0.5) is 0 Å². The number of hydrogen-bond acceptors (Lipinski definition) is 8. The lowest BCUT2D eigenvalue weighted by molar-refractivity contribution is 0.746. The molecule has 4 aromatic heterocycles. The molecule has 0 fully saturated rings. The van der Waals surface area contributed by atoms with Gasteiger partial charge in [0.15, 0.2) is 5.65 Å². The number of hydrogen-bond donors (Lipinski definition) is 2. The van der Waals surface area contributed by atoms with Crippen LogP contribution >= 0.6 is 0 Å². The standard InChI is InChI=1S/C24H21N11/c1-3-20-26-21-14(2)12-19(23-29-33-34-30-23)25-24(21)35(20)13-15-8-10-16(11-9-15)17-6-4-5-7-18(17)22-27-31-32-28-22/h4-12H,3,13H2,1-2H3,(H,27,28,31,32)(H,29,30,33,34). The average Bonchev–Trinajstić information content (AvgIpc) is 3.67. The second kappa shape index (κ2) is 8.52. The minimum absolute atomic E-state index is 0.463. The summed E-state index contributed by atoms with van der Waals surface area (Å²) in [6.45, 7) is 4.78. The molecule has 0 saturated heterocycles. The molecule has 0 aliphatic heterocycles. The predicted octanol–water partition coefficient (Wildman–Crippen LogP) is 3.38. The summed E-state index contributed by atoms with van der Waals surface area (Å²) in [5.41, 5.74) is 7.59. The largest absolute Gasteiger partial charge is 0.308 e. The third-order valence-corrected chi connectivity index (χ3v) is 5.98. The summed E-state index contributed by atoms with van der Waals surface area (Å²) in [5.74, 6) is 2.01. The first kappa shape index (κ1) is 20.8. The lowest BCUT2D eigenvalue weighted by atomic mass is 9.98. The third kappa shape index (κ3) is 3.72. The first-order chi connectivity index (χ1) is 17.2. The highest BCUT2D eigenvalue weighted by Gasteiger charge is 2.17. The van der Waals surface area contributed by atoms with Crippen molar-refractivity contribution in [2.24, 2.45) is 0 Å². The van der Waals surface area contributed by atoms with E-state index in [1.807, 2.05) is 31.2 Å². The first-order valence-electron chi connectivity index (χ1n) is 11.2. The van der Waals surface area contributed by atoms with Crippen molar-refractivity contribution in [3.8, 4) is 34.0 Å². The minimum Gasteiger partial charge on any atom is -0.308 e. The zero-order valence-corrected chi connectivity index (χ0v) is 19.1. The predicted molar refractivity (Wildman–Crippen MR) is 129 cm³/mol. The molecular weight excluding hydrogens is 442 g/mol. The number of aromatic amines is 2. The zero-order chi connectivity index (χ0) is 23.8. The summed E-state index contributed by atoms with van der Waals surface area (Å²) in [4.78, 5) is 9.71. The van der Waals surface area contributed by atoms with E-state index in [-0.39, 0.29) is 0 Å². The minimum atomic E-state index is 0.463. The van der Waals surface area contributed by atoms with E-state index in [9.17, 15) is 0 Å². The van der Waals surface area contributed by atoms with Crippen molar-refractivity contribution in [2.45, 2.75) is 26.8 Å². The smallest absolute Gasteiger partial charge is 0.223 e. The molecule has 172 valence electrons. The van der Waals surface area contributed by atoms with Gasteiger partial charge >= 0.3 is 0 Å². The Morgan fingerprint density at radius 3 is 2.23 bits per heavy atom. The van der Waals surface area contributed by atoms with E-state index in [1.165, 1.54) is 0 Å². The topological polar surface area (TPSA) is 140 Å². The fourth-order valence-electron chi connectivity index (χ4n) is 4.29. The Morgan fingerprint density at radius 2 is 1.54 bits per heavy atom. The van der Waals surface area contributed by atoms with E-state index in [4.69, 9.17) is 9.97 Å². The maximum atomic E-state index is 4.87. The van der Waals surface area contributed by atoms with Crippen LogP contribution in [0.1, 0.15) is 23.9 Å². The lowest BCUT2D eigenvalue weighted by Crippen LogP contribution is -2.06.